The number of carbonyl (C=O) groups excluding carboxylic acids is 1. The van der Waals surface area contributed by atoms with Gasteiger partial charge in [-0.25, -0.2) is 9.78 Å². The maximum atomic E-state index is 13.0. The normalized spacial score (nSPS) is 11.2. The maximum Gasteiger partial charge on any atom is 0.435 e. The Morgan fingerprint density at radius 2 is 1.96 bits per heavy atom. The fourth-order valence-corrected chi connectivity index (χ4v) is 2.60. The number of esters is 1. The van der Waals surface area contributed by atoms with E-state index in [9.17, 15) is 18.0 Å². The van der Waals surface area contributed by atoms with Gasteiger partial charge in [-0.15, -0.1) is 0 Å². The number of halogens is 3. The van der Waals surface area contributed by atoms with Crippen LogP contribution in [-0.4, -0.2) is 24.7 Å². The summed E-state index contributed by atoms with van der Waals surface area (Å²) in [6, 6.07) is 6.54. The van der Waals surface area contributed by atoms with E-state index in [1.165, 1.54) is 14.0 Å². The second kappa shape index (κ2) is 6.86. The van der Waals surface area contributed by atoms with Crippen molar-refractivity contribution < 1.29 is 27.4 Å². The van der Waals surface area contributed by atoms with E-state index in [4.69, 9.17) is 4.74 Å². The van der Waals surface area contributed by atoms with Crippen molar-refractivity contribution in [2.45, 2.75) is 13.1 Å². The van der Waals surface area contributed by atoms with E-state index < -0.39 is 22.7 Å². The van der Waals surface area contributed by atoms with Gasteiger partial charge in [-0.2, -0.15) is 13.2 Å². The molecule has 5 nitrogen and oxygen atoms in total. The van der Waals surface area contributed by atoms with E-state index in [0.717, 1.165) is 0 Å². The molecule has 1 N–H and O–H groups in total. The van der Waals surface area contributed by atoms with Crippen molar-refractivity contribution in [2.75, 3.05) is 19.0 Å². The van der Waals surface area contributed by atoms with E-state index in [-0.39, 0.29) is 11.7 Å². The Kier molecular flexibility index (Phi) is 5.09. The van der Waals surface area contributed by atoms with Crippen LogP contribution < -0.4 is 10.1 Å². The lowest BCUT2D eigenvalue weighted by molar-refractivity contribution is -0.141. The van der Waals surface area contributed by atoms with Gasteiger partial charge in [-0.05, 0) is 31.2 Å². The first-order valence-electron chi connectivity index (χ1n) is 6.51. The molecule has 1 heterocycles. The minimum Gasteiger partial charge on any atom is -0.497 e. The first kappa shape index (κ1) is 17.1. The molecule has 0 unspecified atom stereocenters. The molecule has 0 fully saturated rings. The highest BCUT2D eigenvalue weighted by Crippen LogP contribution is 2.37. The molecule has 0 aliphatic heterocycles. The molecule has 9 heteroatoms. The molecule has 0 aliphatic carbocycles. The number of hydrogen-bond donors (Lipinski definition) is 1. The van der Waals surface area contributed by atoms with Crippen LogP contribution in [0.3, 0.4) is 0 Å². The van der Waals surface area contributed by atoms with Gasteiger partial charge in [0.2, 0.25) is 0 Å². The first-order chi connectivity index (χ1) is 10.8. The van der Waals surface area contributed by atoms with Crippen LogP contribution in [0.2, 0.25) is 0 Å². The smallest absolute Gasteiger partial charge is 0.435 e. The van der Waals surface area contributed by atoms with Gasteiger partial charge in [-0.1, -0.05) is 11.3 Å². The predicted molar refractivity (Wildman–Crippen MR) is 79.3 cm³/mol. The number of nitrogens with zero attached hydrogens (tertiary/aromatic N) is 1. The average molecular weight is 346 g/mol. The summed E-state index contributed by atoms with van der Waals surface area (Å²) in [5.41, 5.74) is -0.736. The quantitative estimate of drug-likeness (QED) is 0.826. The molecule has 0 radical (unpaired) electrons. The Morgan fingerprint density at radius 1 is 1.30 bits per heavy atom. The van der Waals surface area contributed by atoms with Gasteiger partial charge in [0.15, 0.2) is 10.8 Å². The zero-order chi connectivity index (χ0) is 17.0. The van der Waals surface area contributed by atoms with Crippen molar-refractivity contribution in [3.05, 3.63) is 34.8 Å². The van der Waals surface area contributed by atoms with E-state index in [1.54, 1.807) is 24.3 Å². The summed E-state index contributed by atoms with van der Waals surface area (Å²) in [6.45, 7) is 1.50. The van der Waals surface area contributed by atoms with Crippen LogP contribution >= 0.6 is 11.3 Å². The highest BCUT2D eigenvalue weighted by atomic mass is 32.1. The van der Waals surface area contributed by atoms with Gasteiger partial charge >= 0.3 is 12.1 Å². The van der Waals surface area contributed by atoms with Crippen molar-refractivity contribution in [3.63, 3.8) is 0 Å². The van der Waals surface area contributed by atoms with Crippen molar-refractivity contribution in [3.8, 4) is 5.75 Å². The minimum absolute atomic E-state index is 0.0186. The lowest BCUT2D eigenvalue weighted by atomic mass is 10.3. The number of ether oxygens (including phenoxy) is 2. The van der Waals surface area contributed by atoms with E-state index in [1.807, 2.05) is 0 Å². The molecular weight excluding hydrogens is 333 g/mol. The number of hydrogen-bond acceptors (Lipinski definition) is 6. The third-order valence-electron chi connectivity index (χ3n) is 2.70. The Bertz CT molecular complexity index is 684. The number of benzene rings is 1. The van der Waals surface area contributed by atoms with Gasteiger partial charge in [0.1, 0.15) is 10.6 Å². The minimum atomic E-state index is -4.74. The summed E-state index contributed by atoms with van der Waals surface area (Å²) in [5, 5.41) is 2.68. The van der Waals surface area contributed by atoms with Crippen LogP contribution in [0.1, 0.15) is 22.3 Å². The van der Waals surface area contributed by atoms with Crippen LogP contribution in [0.25, 0.3) is 0 Å². The summed E-state index contributed by atoms with van der Waals surface area (Å²) in [7, 11) is 1.50. The zero-order valence-electron chi connectivity index (χ0n) is 12.2. The molecule has 0 amide bonds. The Balaban J connectivity index is 2.30. The summed E-state index contributed by atoms with van der Waals surface area (Å²) < 4.78 is 48.6. The molecule has 0 atom stereocenters. The second-order valence-electron chi connectivity index (χ2n) is 4.27. The number of aromatic nitrogens is 1. The maximum absolute atomic E-state index is 13.0. The van der Waals surface area contributed by atoms with E-state index in [2.05, 4.69) is 15.0 Å². The summed E-state index contributed by atoms with van der Waals surface area (Å²) in [5.74, 6) is -0.432. The second-order valence-corrected chi connectivity index (χ2v) is 5.27. The predicted octanol–water partition coefficient (Wildman–Crippen LogP) is 4.09. The summed E-state index contributed by atoms with van der Waals surface area (Å²) in [4.78, 5) is 14.6. The van der Waals surface area contributed by atoms with Gasteiger partial charge < -0.3 is 14.8 Å². The fourth-order valence-electron chi connectivity index (χ4n) is 1.70. The molecule has 1 aromatic carbocycles. The number of anilines is 2. The van der Waals surface area contributed by atoms with Crippen LogP contribution in [0, 0.1) is 0 Å². The summed E-state index contributed by atoms with van der Waals surface area (Å²) >= 11 is 0.591. The van der Waals surface area contributed by atoms with Gasteiger partial charge in [0.25, 0.3) is 0 Å². The third-order valence-corrected chi connectivity index (χ3v) is 3.65. The van der Waals surface area contributed by atoms with Crippen LogP contribution in [0.5, 0.6) is 5.75 Å². The van der Waals surface area contributed by atoms with Crippen molar-refractivity contribution in [1.29, 1.82) is 0 Å². The third kappa shape index (κ3) is 4.13. The highest BCUT2D eigenvalue weighted by Gasteiger charge is 2.40. The number of carbonyl (C=O) groups is 1. The number of methoxy groups -OCH3 is 1. The molecule has 2 rings (SSSR count). The fraction of sp³-hybridized carbons (Fsp3) is 0.286. The number of nitrogens with one attached hydrogen (secondary N) is 1. The molecule has 124 valence electrons. The molecule has 0 bridgehead atoms. The van der Waals surface area contributed by atoms with Crippen molar-refractivity contribution in [2.24, 2.45) is 0 Å². The van der Waals surface area contributed by atoms with Crippen LogP contribution in [-0.2, 0) is 10.9 Å². The summed E-state index contributed by atoms with van der Waals surface area (Å²) in [6.07, 6.45) is -4.74. The number of thiazole rings is 1. The van der Waals surface area contributed by atoms with Crippen molar-refractivity contribution in [1.82, 2.24) is 4.98 Å². The van der Waals surface area contributed by atoms with Crippen molar-refractivity contribution >= 4 is 28.1 Å². The van der Waals surface area contributed by atoms with E-state index in [0.29, 0.717) is 22.8 Å². The molecule has 23 heavy (non-hydrogen) atoms. The van der Waals surface area contributed by atoms with Crippen LogP contribution in [0.4, 0.5) is 24.0 Å². The molecule has 2 aromatic rings. The highest BCUT2D eigenvalue weighted by molar-refractivity contribution is 7.17. The molecule has 0 spiro atoms. The standard InChI is InChI=1S/C14H13F3N2O3S/c1-3-22-12(20)10-11(14(15,16)17)19-13(23-10)18-8-4-6-9(21-2)7-5-8/h4-7H,3H2,1-2H3,(H,18,19). The molecule has 0 aliphatic rings. The topological polar surface area (TPSA) is 60.5 Å². The van der Waals surface area contributed by atoms with Gasteiger partial charge in [0, 0.05) is 5.69 Å². The average Bonchev–Trinajstić information content (AvgIpc) is 2.92. The Hall–Kier alpha value is -2.29. The molecular formula is C14H13F3N2O3S. The monoisotopic (exact) mass is 346 g/mol. The lowest BCUT2D eigenvalue weighted by Gasteiger charge is -2.05. The Labute approximate surface area is 134 Å². The number of alkyl halides is 3. The van der Waals surface area contributed by atoms with Gasteiger partial charge in [0.05, 0.1) is 13.7 Å². The molecule has 0 saturated heterocycles. The number of rotatable bonds is 5. The first-order valence-corrected chi connectivity index (χ1v) is 7.33. The SMILES string of the molecule is CCOC(=O)c1sc(Nc2ccc(OC)cc2)nc1C(F)(F)F. The molecule has 1 aromatic heterocycles. The lowest BCUT2D eigenvalue weighted by Crippen LogP contribution is -2.13. The van der Waals surface area contributed by atoms with E-state index >= 15 is 0 Å². The zero-order valence-corrected chi connectivity index (χ0v) is 13.0. The largest absolute Gasteiger partial charge is 0.497 e. The van der Waals surface area contributed by atoms with Crippen LogP contribution in [0.15, 0.2) is 24.3 Å². The van der Waals surface area contributed by atoms with Gasteiger partial charge in [-0.3, -0.25) is 0 Å². The molecule has 0 saturated carbocycles. The Morgan fingerprint density at radius 3 is 2.48 bits per heavy atom.